The minimum Gasteiger partial charge on any atom is -0.479 e. The van der Waals surface area contributed by atoms with E-state index in [0.29, 0.717) is 0 Å². The van der Waals surface area contributed by atoms with E-state index in [4.69, 9.17) is 16.2 Å². The highest BCUT2D eigenvalue weighted by molar-refractivity contribution is 8.76. The van der Waals surface area contributed by atoms with Crippen molar-refractivity contribution < 1.29 is 24.5 Å². The fraction of sp³-hybridized carbons (Fsp3) is 0.316. The maximum Gasteiger partial charge on any atom is 0.335 e. The van der Waals surface area contributed by atoms with Crippen molar-refractivity contribution in [2.45, 2.75) is 35.4 Å². The van der Waals surface area contributed by atoms with E-state index < -0.39 is 42.4 Å². The molecular weight excluding hydrogens is 470 g/mol. The molecule has 1 aromatic carbocycles. The van der Waals surface area contributed by atoms with Crippen LogP contribution >= 0.6 is 21.6 Å². The van der Waals surface area contributed by atoms with E-state index in [-0.39, 0.29) is 22.7 Å². The zero-order chi connectivity index (χ0) is 23.5. The van der Waals surface area contributed by atoms with Gasteiger partial charge in [0.2, 0.25) is 5.91 Å². The van der Waals surface area contributed by atoms with Gasteiger partial charge in [-0.15, -0.1) is 0 Å². The first-order valence-electron chi connectivity index (χ1n) is 9.76. The summed E-state index contributed by atoms with van der Waals surface area (Å²) in [7, 11) is 2.86. The molecular formula is C19H21N7O5S2. The summed E-state index contributed by atoms with van der Waals surface area (Å²) in [5, 5.41) is 23.0. The molecule has 5 atom stereocenters. The van der Waals surface area contributed by atoms with Crippen LogP contribution in [0.1, 0.15) is 6.23 Å². The molecule has 1 saturated heterocycles. The second kappa shape index (κ2) is 9.93. The van der Waals surface area contributed by atoms with Crippen molar-refractivity contribution in [1.29, 1.82) is 0 Å². The van der Waals surface area contributed by atoms with Gasteiger partial charge in [0.25, 0.3) is 0 Å². The number of nitrogen functional groups attached to an aromatic ring is 1. The number of aliphatic hydroxyl groups excluding tert-OH is 1. The molecule has 2 aromatic heterocycles. The number of nitrogens with two attached hydrogens (primary N) is 2. The number of fused-ring (bicyclic) bond motifs is 1. The van der Waals surface area contributed by atoms with Gasteiger partial charge in [-0.1, -0.05) is 39.8 Å². The molecule has 0 radical (unpaired) electrons. The van der Waals surface area contributed by atoms with Crippen molar-refractivity contribution in [3.8, 4) is 0 Å². The normalized spacial score (nSPS) is 23.5. The number of aliphatic hydroxyl groups is 1. The summed E-state index contributed by atoms with van der Waals surface area (Å²) in [5.74, 6) is -1.54. The van der Waals surface area contributed by atoms with Crippen LogP contribution in [-0.2, 0) is 14.3 Å². The van der Waals surface area contributed by atoms with Gasteiger partial charge in [0.15, 0.2) is 23.8 Å². The topological polar surface area (TPSA) is 192 Å². The number of nitrogens with zero attached hydrogens (tertiary/aromatic N) is 4. The van der Waals surface area contributed by atoms with Gasteiger partial charge >= 0.3 is 5.97 Å². The number of carbonyl (C=O) groups is 2. The van der Waals surface area contributed by atoms with Crippen molar-refractivity contribution >= 4 is 50.4 Å². The Kier molecular flexibility index (Phi) is 6.99. The number of benzene rings is 1. The molecule has 1 aliphatic heterocycles. The number of amides is 1. The first-order valence-corrected chi connectivity index (χ1v) is 12.1. The lowest BCUT2D eigenvalue weighted by Gasteiger charge is -2.22. The molecule has 0 saturated carbocycles. The van der Waals surface area contributed by atoms with E-state index in [9.17, 15) is 19.8 Å². The van der Waals surface area contributed by atoms with Gasteiger partial charge in [-0.2, -0.15) is 0 Å². The average molecular weight is 492 g/mol. The van der Waals surface area contributed by atoms with Gasteiger partial charge < -0.3 is 31.7 Å². The number of aliphatic carboxylic acids is 1. The van der Waals surface area contributed by atoms with Crippen molar-refractivity contribution in [3.05, 3.63) is 43.0 Å². The third-order valence-corrected chi connectivity index (χ3v) is 7.39. The van der Waals surface area contributed by atoms with Crippen LogP contribution in [0.5, 0.6) is 0 Å². The van der Waals surface area contributed by atoms with Crippen molar-refractivity contribution in [3.63, 3.8) is 0 Å². The first kappa shape index (κ1) is 23.3. The zero-order valence-electron chi connectivity index (χ0n) is 17.0. The number of anilines is 1. The number of ether oxygens (including phenoxy) is 1. The number of carbonyl (C=O) groups excluding carboxylic acids is 1. The number of carboxylic acids is 1. The summed E-state index contributed by atoms with van der Waals surface area (Å²) in [6.45, 7) is 0. The Balaban J connectivity index is 1.44. The summed E-state index contributed by atoms with van der Waals surface area (Å²) >= 11 is 0. The minimum absolute atomic E-state index is 0.128. The third-order valence-electron chi connectivity index (χ3n) is 4.97. The largest absolute Gasteiger partial charge is 0.479 e. The highest BCUT2D eigenvalue weighted by atomic mass is 33.1. The van der Waals surface area contributed by atoms with Gasteiger partial charge in [0.05, 0.1) is 18.4 Å². The van der Waals surface area contributed by atoms with Crippen molar-refractivity contribution in [1.82, 2.24) is 24.8 Å². The van der Waals surface area contributed by atoms with Gasteiger partial charge in [-0.05, 0) is 12.1 Å². The predicted molar refractivity (Wildman–Crippen MR) is 122 cm³/mol. The molecule has 1 fully saturated rings. The highest BCUT2D eigenvalue weighted by Crippen LogP contribution is 2.33. The van der Waals surface area contributed by atoms with Crippen LogP contribution < -0.4 is 16.8 Å². The van der Waals surface area contributed by atoms with Gasteiger partial charge in [-0.3, -0.25) is 9.36 Å². The maximum atomic E-state index is 12.6. The standard InChI is InChI=1S/C19H21N7O5S2/c20-10(6-32-33-9-4-2-1-3-5-9)17(28)25-11-13(27)18(31-14(11)19(29)30)26-8-24-12-15(21)22-7-23-16(12)26/h1-5,7-8,10-11,13-14,18,27H,6,20H2,(H,25,28)(H,29,30)(H2,21,22,23)/t10-,11+,13-,14+,18-/m1/s1. The van der Waals surface area contributed by atoms with Crippen molar-refractivity contribution in [2.24, 2.45) is 5.73 Å². The zero-order valence-corrected chi connectivity index (χ0v) is 18.6. The monoisotopic (exact) mass is 491 g/mol. The van der Waals surface area contributed by atoms with E-state index >= 15 is 0 Å². The smallest absolute Gasteiger partial charge is 0.335 e. The second-order valence-electron chi connectivity index (χ2n) is 7.18. The van der Waals surface area contributed by atoms with E-state index in [1.54, 1.807) is 0 Å². The summed E-state index contributed by atoms with van der Waals surface area (Å²) in [6.07, 6.45) is -1.56. The van der Waals surface area contributed by atoms with Gasteiger partial charge in [0.1, 0.15) is 17.9 Å². The quantitative estimate of drug-likeness (QED) is 0.265. The summed E-state index contributed by atoms with van der Waals surface area (Å²) < 4.78 is 6.92. The number of hydrogen-bond acceptors (Lipinski definition) is 11. The highest BCUT2D eigenvalue weighted by Gasteiger charge is 2.49. The molecule has 3 heterocycles. The van der Waals surface area contributed by atoms with Crippen LogP contribution in [0.15, 0.2) is 47.9 Å². The van der Waals surface area contributed by atoms with Crippen LogP contribution in [-0.4, -0.2) is 71.7 Å². The summed E-state index contributed by atoms with van der Waals surface area (Å²) in [6, 6.07) is 7.43. The summed E-state index contributed by atoms with van der Waals surface area (Å²) in [4.78, 5) is 37.4. The molecule has 14 heteroatoms. The molecule has 0 bridgehead atoms. The molecule has 4 rings (SSSR count). The molecule has 33 heavy (non-hydrogen) atoms. The van der Waals surface area contributed by atoms with Crippen LogP contribution in [0.3, 0.4) is 0 Å². The molecule has 3 aromatic rings. The van der Waals surface area contributed by atoms with Crippen LogP contribution in [0, 0.1) is 0 Å². The number of nitrogens with one attached hydrogen (secondary N) is 1. The Labute approximate surface area is 195 Å². The lowest BCUT2D eigenvalue weighted by Crippen LogP contribution is -2.54. The Morgan fingerprint density at radius 3 is 2.73 bits per heavy atom. The Bertz CT molecular complexity index is 1150. The van der Waals surface area contributed by atoms with Crippen LogP contribution in [0.4, 0.5) is 5.82 Å². The molecule has 0 aliphatic carbocycles. The van der Waals surface area contributed by atoms with Gasteiger partial charge in [0, 0.05) is 10.6 Å². The number of aromatic nitrogens is 4. The minimum atomic E-state index is -1.51. The average Bonchev–Trinajstić information content (AvgIpc) is 3.37. The SMILES string of the molecule is Nc1ncnc2c1ncn2[C@@H]1O[C@H](C(=O)O)[C@@H](NC(=O)[C@H](N)CSSc2ccccc2)[C@H]1O. The predicted octanol–water partition coefficient (Wildman–Crippen LogP) is 0.00400. The molecule has 0 spiro atoms. The molecule has 1 aliphatic rings. The number of rotatable bonds is 8. The van der Waals surface area contributed by atoms with Gasteiger partial charge in [-0.25, -0.2) is 19.7 Å². The molecule has 12 nitrogen and oxygen atoms in total. The lowest BCUT2D eigenvalue weighted by molar-refractivity contribution is -0.152. The number of hydrogen-bond donors (Lipinski definition) is 5. The summed E-state index contributed by atoms with van der Waals surface area (Å²) in [5.41, 5.74) is 12.3. The van der Waals surface area contributed by atoms with Crippen LogP contribution in [0.2, 0.25) is 0 Å². The van der Waals surface area contributed by atoms with E-state index in [1.165, 1.54) is 38.8 Å². The maximum absolute atomic E-state index is 12.6. The number of carboxylic acid groups (broad SMARTS) is 1. The third kappa shape index (κ3) is 4.89. The van der Waals surface area contributed by atoms with E-state index in [0.717, 1.165) is 4.90 Å². The lowest BCUT2D eigenvalue weighted by atomic mass is 10.1. The van der Waals surface area contributed by atoms with E-state index in [2.05, 4.69) is 20.3 Å². The molecule has 0 unspecified atom stereocenters. The Morgan fingerprint density at radius 2 is 2.00 bits per heavy atom. The van der Waals surface area contributed by atoms with Crippen molar-refractivity contribution in [2.75, 3.05) is 11.5 Å². The molecule has 174 valence electrons. The fourth-order valence-corrected chi connectivity index (χ4v) is 5.49. The molecule has 7 N–H and O–H groups in total. The number of imidazole rings is 1. The Morgan fingerprint density at radius 1 is 1.24 bits per heavy atom. The van der Waals surface area contributed by atoms with Crippen LogP contribution in [0.25, 0.3) is 11.2 Å². The molecule has 1 amide bonds. The van der Waals surface area contributed by atoms with E-state index in [1.807, 2.05) is 30.3 Å². The second-order valence-corrected chi connectivity index (χ2v) is 9.60. The fourth-order valence-electron chi connectivity index (χ4n) is 3.33. The Hall–Kier alpha value is -2.91. The first-order chi connectivity index (χ1) is 15.9.